The Morgan fingerprint density at radius 3 is 2.89 bits per heavy atom. The van der Waals surface area contributed by atoms with Crippen LogP contribution in [0, 0.1) is 0 Å². The zero-order valence-electron chi connectivity index (χ0n) is 11.6. The number of morpholine rings is 1. The number of hydrogen-bond acceptors (Lipinski definition) is 5. The zero-order chi connectivity index (χ0) is 14.3. The summed E-state index contributed by atoms with van der Waals surface area (Å²) in [6.07, 6.45) is 0.135. The highest BCUT2D eigenvalue weighted by molar-refractivity contribution is 5.89. The normalized spacial score (nSPS) is 21.0. The molecule has 0 radical (unpaired) electrons. The van der Waals surface area contributed by atoms with Crippen molar-refractivity contribution in [2.75, 3.05) is 40.0 Å². The van der Waals surface area contributed by atoms with Gasteiger partial charge in [-0.3, -0.25) is 9.59 Å². The van der Waals surface area contributed by atoms with E-state index in [0.717, 1.165) is 6.42 Å². The molecule has 7 nitrogen and oxygen atoms in total. The van der Waals surface area contributed by atoms with E-state index in [1.165, 1.54) is 12.0 Å². The summed E-state index contributed by atoms with van der Waals surface area (Å²) in [5.41, 5.74) is 5.49. The van der Waals surface area contributed by atoms with Crippen molar-refractivity contribution in [1.29, 1.82) is 0 Å². The van der Waals surface area contributed by atoms with Gasteiger partial charge in [0.15, 0.2) is 0 Å². The summed E-state index contributed by atoms with van der Waals surface area (Å²) in [7, 11) is 1.43. The molecule has 19 heavy (non-hydrogen) atoms. The molecule has 0 bridgehead atoms. The quantitative estimate of drug-likeness (QED) is 0.628. The van der Waals surface area contributed by atoms with E-state index in [9.17, 15) is 9.59 Å². The van der Waals surface area contributed by atoms with Gasteiger partial charge in [-0.15, -0.1) is 0 Å². The number of amides is 2. The first-order chi connectivity index (χ1) is 9.15. The number of nitrogens with zero attached hydrogens (tertiary/aromatic N) is 1. The molecule has 1 rings (SSSR count). The number of carbonyl (C=O) groups is 2. The minimum Gasteiger partial charge on any atom is -0.377 e. The van der Waals surface area contributed by atoms with Crippen LogP contribution in [-0.4, -0.2) is 68.8 Å². The summed E-state index contributed by atoms with van der Waals surface area (Å²) in [6.45, 7) is 3.66. The first-order valence-electron chi connectivity index (χ1n) is 6.54. The van der Waals surface area contributed by atoms with Crippen molar-refractivity contribution in [3.05, 3.63) is 0 Å². The Morgan fingerprint density at radius 2 is 2.32 bits per heavy atom. The van der Waals surface area contributed by atoms with Crippen molar-refractivity contribution in [2.24, 2.45) is 5.73 Å². The lowest BCUT2D eigenvalue weighted by molar-refractivity contribution is -0.155. The highest BCUT2D eigenvalue weighted by atomic mass is 16.5. The molecule has 0 aromatic carbocycles. The Kier molecular flexibility index (Phi) is 6.75. The fourth-order valence-corrected chi connectivity index (χ4v) is 1.93. The molecule has 0 aromatic heterocycles. The van der Waals surface area contributed by atoms with Crippen molar-refractivity contribution < 1.29 is 19.1 Å². The molecule has 2 unspecified atom stereocenters. The van der Waals surface area contributed by atoms with Crippen LogP contribution in [0.15, 0.2) is 0 Å². The summed E-state index contributed by atoms with van der Waals surface area (Å²) in [5, 5.41) is 2.78. The average molecular weight is 273 g/mol. The van der Waals surface area contributed by atoms with Crippen LogP contribution < -0.4 is 11.1 Å². The minimum atomic E-state index is -0.709. The highest BCUT2D eigenvalue weighted by Gasteiger charge is 2.35. The van der Waals surface area contributed by atoms with Gasteiger partial charge in [-0.05, 0) is 6.42 Å². The molecule has 2 amide bonds. The fourth-order valence-electron chi connectivity index (χ4n) is 1.93. The number of carbonyl (C=O) groups excluding carboxylic acids is 2. The van der Waals surface area contributed by atoms with Gasteiger partial charge in [0, 0.05) is 26.7 Å². The van der Waals surface area contributed by atoms with Crippen LogP contribution in [-0.2, 0) is 19.1 Å². The van der Waals surface area contributed by atoms with Gasteiger partial charge < -0.3 is 25.4 Å². The van der Waals surface area contributed by atoms with Crippen molar-refractivity contribution >= 4 is 11.8 Å². The van der Waals surface area contributed by atoms with E-state index < -0.39 is 12.1 Å². The molecule has 110 valence electrons. The second-order valence-corrected chi connectivity index (χ2v) is 4.37. The third-order valence-corrected chi connectivity index (χ3v) is 3.04. The van der Waals surface area contributed by atoms with Crippen molar-refractivity contribution in [1.82, 2.24) is 10.2 Å². The first-order valence-corrected chi connectivity index (χ1v) is 6.54. The van der Waals surface area contributed by atoms with Gasteiger partial charge in [0.2, 0.25) is 5.91 Å². The molecule has 2 atom stereocenters. The molecule has 7 heteroatoms. The van der Waals surface area contributed by atoms with E-state index in [1.807, 2.05) is 6.92 Å². The van der Waals surface area contributed by atoms with Crippen molar-refractivity contribution in [3.63, 3.8) is 0 Å². The molecule has 1 saturated heterocycles. The number of ether oxygens (including phenoxy) is 2. The van der Waals surface area contributed by atoms with Gasteiger partial charge >= 0.3 is 0 Å². The fraction of sp³-hybridized carbons (Fsp3) is 0.833. The Balaban J connectivity index is 2.71. The van der Waals surface area contributed by atoms with E-state index in [4.69, 9.17) is 15.2 Å². The summed E-state index contributed by atoms with van der Waals surface area (Å²) >= 11 is 0. The van der Waals surface area contributed by atoms with Crippen LogP contribution in [0.2, 0.25) is 0 Å². The molecule has 1 aliphatic heterocycles. The van der Waals surface area contributed by atoms with E-state index in [-0.39, 0.29) is 25.0 Å². The van der Waals surface area contributed by atoms with E-state index in [0.29, 0.717) is 19.7 Å². The maximum absolute atomic E-state index is 12.2. The lowest BCUT2D eigenvalue weighted by atomic mass is 10.1. The second-order valence-electron chi connectivity index (χ2n) is 4.37. The molecule has 3 N–H and O–H groups in total. The SMILES string of the molecule is CCCNC(=O)C1COCCN1C(=O)C(CN)OC. The first kappa shape index (κ1) is 15.9. The van der Waals surface area contributed by atoms with Crippen LogP contribution in [0.25, 0.3) is 0 Å². The van der Waals surface area contributed by atoms with Crippen LogP contribution in [0.4, 0.5) is 0 Å². The summed E-state index contributed by atoms with van der Waals surface area (Å²) in [6, 6.07) is -0.600. The third kappa shape index (κ3) is 4.15. The van der Waals surface area contributed by atoms with Crippen LogP contribution in [0.5, 0.6) is 0 Å². The summed E-state index contributed by atoms with van der Waals surface area (Å²) in [4.78, 5) is 25.7. The average Bonchev–Trinajstić information content (AvgIpc) is 2.45. The molecule has 0 aromatic rings. The Hall–Kier alpha value is -1.18. The number of rotatable bonds is 6. The predicted molar refractivity (Wildman–Crippen MR) is 69.5 cm³/mol. The largest absolute Gasteiger partial charge is 0.377 e. The maximum atomic E-state index is 12.2. The summed E-state index contributed by atoms with van der Waals surface area (Å²) < 4.78 is 10.3. The molecular formula is C12H23N3O4. The van der Waals surface area contributed by atoms with Crippen LogP contribution in [0.3, 0.4) is 0 Å². The van der Waals surface area contributed by atoms with E-state index >= 15 is 0 Å². The number of nitrogens with two attached hydrogens (primary N) is 1. The Morgan fingerprint density at radius 1 is 1.58 bits per heavy atom. The maximum Gasteiger partial charge on any atom is 0.253 e. The monoisotopic (exact) mass is 273 g/mol. The predicted octanol–water partition coefficient (Wildman–Crippen LogP) is -1.29. The van der Waals surface area contributed by atoms with Crippen LogP contribution >= 0.6 is 0 Å². The van der Waals surface area contributed by atoms with Crippen LogP contribution in [0.1, 0.15) is 13.3 Å². The van der Waals surface area contributed by atoms with Gasteiger partial charge in [-0.2, -0.15) is 0 Å². The van der Waals surface area contributed by atoms with E-state index in [1.54, 1.807) is 0 Å². The van der Waals surface area contributed by atoms with E-state index in [2.05, 4.69) is 5.32 Å². The lowest BCUT2D eigenvalue weighted by Crippen LogP contribution is -2.59. The number of methoxy groups -OCH3 is 1. The molecule has 1 fully saturated rings. The van der Waals surface area contributed by atoms with Crippen molar-refractivity contribution in [3.8, 4) is 0 Å². The van der Waals surface area contributed by atoms with Crippen molar-refractivity contribution in [2.45, 2.75) is 25.5 Å². The lowest BCUT2D eigenvalue weighted by Gasteiger charge is -2.36. The van der Waals surface area contributed by atoms with Gasteiger partial charge in [0.25, 0.3) is 5.91 Å². The molecule has 1 heterocycles. The molecule has 0 aliphatic carbocycles. The molecule has 0 saturated carbocycles. The zero-order valence-corrected chi connectivity index (χ0v) is 11.6. The molecule has 1 aliphatic rings. The summed E-state index contributed by atoms with van der Waals surface area (Å²) in [5.74, 6) is -0.452. The smallest absolute Gasteiger partial charge is 0.253 e. The Bertz CT molecular complexity index is 307. The number of nitrogens with one attached hydrogen (secondary N) is 1. The minimum absolute atomic E-state index is 0.0932. The highest BCUT2D eigenvalue weighted by Crippen LogP contribution is 2.10. The second kappa shape index (κ2) is 8.08. The molecule has 0 spiro atoms. The number of hydrogen-bond donors (Lipinski definition) is 2. The standard InChI is InChI=1S/C12H23N3O4/c1-3-4-14-11(16)9-8-19-6-5-15(9)12(17)10(7-13)18-2/h9-10H,3-8,13H2,1-2H3,(H,14,16). The topological polar surface area (TPSA) is 93.9 Å². The third-order valence-electron chi connectivity index (χ3n) is 3.04. The van der Waals surface area contributed by atoms with Gasteiger partial charge in [0.1, 0.15) is 12.1 Å². The van der Waals surface area contributed by atoms with Gasteiger partial charge in [-0.1, -0.05) is 6.92 Å². The van der Waals surface area contributed by atoms with Gasteiger partial charge in [-0.25, -0.2) is 0 Å². The Labute approximate surface area is 113 Å². The molecular weight excluding hydrogens is 250 g/mol. The van der Waals surface area contributed by atoms with Gasteiger partial charge in [0.05, 0.1) is 13.2 Å².